The normalized spacial score (nSPS) is 12.0. The zero-order chi connectivity index (χ0) is 19.7. The van der Waals surface area contributed by atoms with E-state index in [1.807, 2.05) is 12.1 Å². The van der Waals surface area contributed by atoms with Crippen molar-refractivity contribution in [2.24, 2.45) is 14.1 Å². The van der Waals surface area contributed by atoms with Crippen molar-refractivity contribution in [1.29, 1.82) is 0 Å². The highest BCUT2D eigenvalue weighted by Crippen LogP contribution is 2.37. The summed E-state index contributed by atoms with van der Waals surface area (Å²) < 4.78 is 10.8. The van der Waals surface area contributed by atoms with Crippen molar-refractivity contribution in [1.82, 2.24) is 4.57 Å². The molecule has 3 heterocycles. The van der Waals surface area contributed by atoms with Gasteiger partial charge in [-0.3, -0.25) is 0 Å². The van der Waals surface area contributed by atoms with Crippen molar-refractivity contribution >= 4 is 43.5 Å². The highest BCUT2D eigenvalue weighted by atomic mass is 16.3. The van der Waals surface area contributed by atoms with E-state index in [0.717, 1.165) is 17.0 Å². The number of aryl methyl sites for hydroxylation is 3. The van der Waals surface area contributed by atoms with Crippen LogP contribution in [0.5, 0.6) is 0 Å². The number of benzene rings is 3. The molecule has 29 heavy (non-hydrogen) atoms. The quantitative estimate of drug-likeness (QED) is 0.321. The molecule has 0 fully saturated rings. The lowest BCUT2D eigenvalue weighted by Gasteiger charge is -2.01. The van der Waals surface area contributed by atoms with Crippen LogP contribution >= 0.6 is 0 Å². The topological polar surface area (TPSA) is 21.9 Å². The van der Waals surface area contributed by atoms with Crippen LogP contribution in [-0.4, -0.2) is 4.57 Å². The van der Waals surface area contributed by atoms with Crippen LogP contribution in [0.15, 0.2) is 77.3 Å². The van der Waals surface area contributed by atoms with E-state index in [1.165, 1.54) is 43.5 Å². The second-order valence-electron chi connectivity index (χ2n) is 7.86. The third-order valence-electron chi connectivity index (χ3n) is 6.23. The molecular weight excluding hydrogens is 356 g/mol. The van der Waals surface area contributed by atoms with Crippen LogP contribution in [0.1, 0.15) is 5.56 Å². The van der Waals surface area contributed by atoms with Crippen molar-refractivity contribution in [3.05, 3.63) is 78.5 Å². The predicted molar refractivity (Wildman–Crippen MR) is 119 cm³/mol. The fourth-order valence-corrected chi connectivity index (χ4v) is 4.70. The average molecular weight is 377 g/mol. The molecule has 0 N–H and O–H groups in total. The Balaban J connectivity index is 1.76. The van der Waals surface area contributed by atoms with Crippen molar-refractivity contribution < 1.29 is 8.98 Å². The highest BCUT2D eigenvalue weighted by molar-refractivity contribution is 6.20. The molecule has 140 valence electrons. The minimum absolute atomic E-state index is 0.934. The fraction of sp³-hybridized carbons (Fsp3) is 0.115. The Labute approximate surface area is 168 Å². The maximum atomic E-state index is 6.29. The Morgan fingerprint density at radius 2 is 1.59 bits per heavy atom. The minimum atomic E-state index is 0.934. The molecule has 0 atom stereocenters. The van der Waals surface area contributed by atoms with Gasteiger partial charge in [0.05, 0.1) is 0 Å². The number of fused-ring (bicyclic) bond motifs is 6. The molecule has 0 aliphatic carbocycles. The summed E-state index contributed by atoms with van der Waals surface area (Å²) in [5, 5.41) is 6.29. The molecule has 0 amide bonds. The Bertz CT molecular complexity index is 1580. The fourth-order valence-electron chi connectivity index (χ4n) is 4.70. The number of para-hydroxylation sites is 1. The molecule has 0 radical (unpaired) electrons. The first-order valence-electron chi connectivity index (χ1n) is 9.91. The van der Waals surface area contributed by atoms with Crippen LogP contribution in [0.4, 0.5) is 0 Å². The van der Waals surface area contributed by atoms with E-state index in [9.17, 15) is 0 Å². The van der Waals surface area contributed by atoms with Gasteiger partial charge in [-0.15, -0.1) is 0 Å². The lowest BCUT2D eigenvalue weighted by molar-refractivity contribution is -0.659. The standard InChI is InChI=1S/C26H21N2O/c1-16-18-9-6-7-11-24(18)29-26(16)22-14-20-23(15-27(22)2)28(3)21-13-12-17-8-4-5-10-19(17)25(20)21/h4-15H,1-3H3/q+1. The number of hydrogen-bond donors (Lipinski definition) is 0. The van der Waals surface area contributed by atoms with E-state index >= 15 is 0 Å². The van der Waals surface area contributed by atoms with Gasteiger partial charge in [0.25, 0.3) is 0 Å². The molecule has 3 heteroatoms. The molecule has 3 aromatic carbocycles. The maximum absolute atomic E-state index is 6.29. The molecule has 6 aromatic rings. The first-order chi connectivity index (χ1) is 14.1. The SMILES string of the molecule is Cc1c(-c2cc3c4c5ccccc5ccc4n(C)c3c[n+]2C)oc2ccccc12. The number of furan rings is 1. The Morgan fingerprint density at radius 1 is 0.828 bits per heavy atom. The third kappa shape index (κ3) is 2.16. The largest absolute Gasteiger partial charge is 0.449 e. The van der Waals surface area contributed by atoms with Gasteiger partial charge in [-0.25, -0.2) is 0 Å². The van der Waals surface area contributed by atoms with Gasteiger partial charge in [-0.05, 0) is 29.8 Å². The lowest BCUT2D eigenvalue weighted by Crippen LogP contribution is -2.30. The van der Waals surface area contributed by atoms with Crippen LogP contribution in [-0.2, 0) is 14.1 Å². The zero-order valence-corrected chi connectivity index (χ0v) is 16.7. The summed E-state index contributed by atoms with van der Waals surface area (Å²) in [5.74, 6) is 0.938. The number of pyridine rings is 1. The van der Waals surface area contributed by atoms with Gasteiger partial charge in [-0.2, -0.15) is 4.57 Å². The molecule has 3 nitrogen and oxygen atoms in total. The van der Waals surface area contributed by atoms with Crippen molar-refractivity contribution in [3.8, 4) is 11.5 Å². The van der Waals surface area contributed by atoms with Gasteiger partial charge in [0, 0.05) is 40.4 Å². The smallest absolute Gasteiger partial charge is 0.249 e. The molecule has 0 bridgehead atoms. The summed E-state index contributed by atoms with van der Waals surface area (Å²) in [4.78, 5) is 0. The predicted octanol–water partition coefficient (Wildman–Crippen LogP) is 6.03. The molecule has 6 rings (SSSR count). The second kappa shape index (κ2) is 5.71. The number of nitrogens with zero attached hydrogens (tertiary/aromatic N) is 2. The van der Waals surface area contributed by atoms with Crippen LogP contribution in [0.2, 0.25) is 0 Å². The van der Waals surface area contributed by atoms with E-state index in [1.54, 1.807) is 0 Å². The average Bonchev–Trinajstić information content (AvgIpc) is 3.22. The second-order valence-corrected chi connectivity index (χ2v) is 7.86. The molecule has 0 spiro atoms. The van der Waals surface area contributed by atoms with Crippen LogP contribution in [0, 0.1) is 6.92 Å². The first kappa shape index (κ1) is 16.4. The minimum Gasteiger partial charge on any atom is -0.449 e. The van der Waals surface area contributed by atoms with Gasteiger partial charge in [-0.1, -0.05) is 48.5 Å². The summed E-state index contributed by atoms with van der Waals surface area (Å²) in [5.41, 5.74) is 5.67. The van der Waals surface area contributed by atoms with Gasteiger partial charge in [0.2, 0.25) is 11.5 Å². The van der Waals surface area contributed by atoms with Crippen molar-refractivity contribution in [3.63, 3.8) is 0 Å². The lowest BCUT2D eigenvalue weighted by atomic mass is 10.0. The molecule has 3 aromatic heterocycles. The first-order valence-corrected chi connectivity index (χ1v) is 9.91. The van der Waals surface area contributed by atoms with Crippen LogP contribution in [0.3, 0.4) is 0 Å². The number of rotatable bonds is 1. The molecular formula is C26H21N2O+. The van der Waals surface area contributed by atoms with Crippen LogP contribution < -0.4 is 4.57 Å². The molecule has 0 aliphatic heterocycles. The summed E-state index contributed by atoms with van der Waals surface area (Å²) in [6.07, 6.45) is 2.21. The van der Waals surface area contributed by atoms with E-state index < -0.39 is 0 Å². The van der Waals surface area contributed by atoms with Crippen LogP contribution in [0.25, 0.3) is 55.0 Å². The van der Waals surface area contributed by atoms with Crippen molar-refractivity contribution in [2.75, 3.05) is 0 Å². The van der Waals surface area contributed by atoms with Gasteiger partial charge < -0.3 is 8.98 Å². The number of hydrogen-bond acceptors (Lipinski definition) is 1. The van der Waals surface area contributed by atoms with Gasteiger partial charge in [0.1, 0.15) is 18.1 Å². The van der Waals surface area contributed by atoms with Gasteiger partial charge in [0.15, 0.2) is 6.20 Å². The zero-order valence-electron chi connectivity index (χ0n) is 16.7. The Hall–Kier alpha value is -3.59. The Morgan fingerprint density at radius 3 is 2.41 bits per heavy atom. The highest BCUT2D eigenvalue weighted by Gasteiger charge is 2.23. The summed E-state index contributed by atoms with van der Waals surface area (Å²) in [7, 11) is 4.24. The number of aromatic nitrogens is 2. The molecule has 0 saturated heterocycles. The molecule has 0 unspecified atom stereocenters. The van der Waals surface area contributed by atoms with E-state index in [2.05, 4.69) is 90.9 Å². The Kier molecular flexibility index (Phi) is 3.22. The molecule has 0 saturated carbocycles. The monoisotopic (exact) mass is 377 g/mol. The molecule has 0 aliphatic rings. The van der Waals surface area contributed by atoms with Crippen molar-refractivity contribution in [2.45, 2.75) is 6.92 Å². The third-order valence-corrected chi connectivity index (χ3v) is 6.23. The van der Waals surface area contributed by atoms with E-state index in [-0.39, 0.29) is 0 Å². The van der Waals surface area contributed by atoms with E-state index in [4.69, 9.17) is 4.42 Å². The summed E-state index contributed by atoms with van der Waals surface area (Å²) in [6, 6.07) is 23.6. The maximum Gasteiger partial charge on any atom is 0.249 e. The summed E-state index contributed by atoms with van der Waals surface area (Å²) >= 11 is 0. The summed E-state index contributed by atoms with van der Waals surface area (Å²) in [6.45, 7) is 2.14. The van der Waals surface area contributed by atoms with Gasteiger partial charge >= 0.3 is 0 Å². The van der Waals surface area contributed by atoms with E-state index in [0.29, 0.717) is 0 Å².